The van der Waals surface area contributed by atoms with Crippen LogP contribution in [0.25, 0.3) is 11.2 Å². The van der Waals surface area contributed by atoms with Crippen LogP contribution in [0.2, 0.25) is 0 Å². The molecule has 0 aliphatic rings. The van der Waals surface area contributed by atoms with Crippen LogP contribution in [0.4, 0.5) is 0 Å². The van der Waals surface area contributed by atoms with Gasteiger partial charge in [-0.3, -0.25) is 0 Å². The van der Waals surface area contributed by atoms with Gasteiger partial charge in [0.2, 0.25) is 0 Å². The third-order valence-electron chi connectivity index (χ3n) is 0.986. The maximum absolute atomic E-state index is 4.83. The molecule has 2 aromatic heterocycles. The maximum atomic E-state index is 4.83. The fraction of sp³-hybridized carbons (Fsp3) is 0. The van der Waals surface area contributed by atoms with Gasteiger partial charge in [-0.2, -0.15) is 0 Å². The number of aromatic nitrogens is 1. The fourth-order valence-corrected chi connectivity index (χ4v) is 0.606. The molecule has 8 heavy (non-hydrogen) atoms. The van der Waals surface area contributed by atoms with Gasteiger partial charge in [0.1, 0.15) is 0 Å². The van der Waals surface area contributed by atoms with E-state index in [4.69, 9.17) is 4.42 Å². The highest BCUT2D eigenvalue weighted by molar-refractivity contribution is 5.69. The van der Waals surface area contributed by atoms with E-state index in [2.05, 4.69) is 9.68 Å². The molecule has 0 radical (unpaired) electrons. The van der Waals surface area contributed by atoms with Crippen molar-refractivity contribution in [3.05, 3.63) is 18.5 Å². The monoisotopic (exact) mass is 109 g/mol. The first-order chi connectivity index (χ1) is 3.97. The van der Waals surface area contributed by atoms with E-state index in [9.17, 15) is 0 Å². The van der Waals surface area contributed by atoms with Gasteiger partial charge in [0.05, 0.1) is 17.8 Å². The highest BCUT2D eigenvalue weighted by Gasteiger charge is 1.96. The van der Waals surface area contributed by atoms with E-state index in [1.807, 2.05) is 0 Å². The summed E-state index contributed by atoms with van der Waals surface area (Å²) in [5.41, 5.74) is 0. The average Bonchev–Trinajstić information content (AvgIpc) is 2.15. The number of hydrogen-bond acceptors (Lipinski definition) is 3. The summed E-state index contributed by atoms with van der Waals surface area (Å²) in [6.07, 6.45) is 3.18. The summed E-state index contributed by atoms with van der Waals surface area (Å²) < 4.78 is 9.47. The van der Waals surface area contributed by atoms with Crippen molar-refractivity contribution in [1.82, 2.24) is 5.16 Å². The summed E-state index contributed by atoms with van der Waals surface area (Å²) in [6, 6.07) is 1.80. The maximum Gasteiger partial charge on any atom is 0.323 e. The van der Waals surface area contributed by atoms with Crippen LogP contribution in [0.1, 0.15) is 0 Å². The molecule has 0 aromatic carbocycles. The molecular formula is C5H3NO2. The third-order valence-corrected chi connectivity index (χ3v) is 0.986. The van der Waals surface area contributed by atoms with Crippen molar-refractivity contribution in [2.24, 2.45) is 0 Å². The Hall–Kier alpha value is -1.25. The molecule has 0 saturated carbocycles. The molecule has 0 saturated heterocycles. The van der Waals surface area contributed by atoms with E-state index in [1.54, 1.807) is 18.5 Å². The lowest BCUT2D eigenvalue weighted by Crippen LogP contribution is -1.44. The largest absolute Gasteiger partial charge is 0.432 e. The summed E-state index contributed by atoms with van der Waals surface area (Å²) in [5, 5.41) is 4.40. The molecule has 3 heteroatoms. The molecule has 0 spiro atoms. The predicted molar refractivity (Wildman–Crippen MR) is 26.3 cm³/mol. The molecule has 0 atom stereocenters. The Balaban J connectivity index is 3.06. The first-order valence-corrected chi connectivity index (χ1v) is 2.25. The molecule has 2 heterocycles. The van der Waals surface area contributed by atoms with Gasteiger partial charge < -0.3 is 8.94 Å². The van der Waals surface area contributed by atoms with Gasteiger partial charge in [-0.05, 0) is 6.07 Å². The molecule has 0 unspecified atom stereocenters. The van der Waals surface area contributed by atoms with Crippen molar-refractivity contribution in [2.75, 3.05) is 0 Å². The smallest absolute Gasteiger partial charge is 0.323 e. The molecule has 0 N–H and O–H groups in total. The first kappa shape index (κ1) is 3.72. The SMILES string of the molecule is c1cc2cnoc2o1. The van der Waals surface area contributed by atoms with Crippen LogP contribution in [0, 0.1) is 0 Å². The van der Waals surface area contributed by atoms with Crippen molar-refractivity contribution in [3.63, 3.8) is 0 Å². The molecule has 40 valence electrons. The van der Waals surface area contributed by atoms with Gasteiger partial charge in [-0.25, -0.2) is 0 Å². The van der Waals surface area contributed by atoms with Gasteiger partial charge in [-0.1, -0.05) is 5.16 Å². The minimum absolute atomic E-state index is 0.491. The summed E-state index contributed by atoms with van der Waals surface area (Å²) in [7, 11) is 0. The van der Waals surface area contributed by atoms with Gasteiger partial charge in [0.15, 0.2) is 0 Å². The Labute approximate surface area is 44.9 Å². The minimum atomic E-state index is 0.491. The van der Waals surface area contributed by atoms with Gasteiger partial charge in [-0.15, -0.1) is 0 Å². The number of hydrogen-bond donors (Lipinski definition) is 0. The van der Waals surface area contributed by atoms with Crippen LogP contribution in [-0.4, -0.2) is 5.16 Å². The molecule has 0 amide bonds. The van der Waals surface area contributed by atoms with Crippen molar-refractivity contribution >= 4 is 11.2 Å². The van der Waals surface area contributed by atoms with E-state index in [0.717, 1.165) is 5.39 Å². The molecule has 0 aliphatic heterocycles. The van der Waals surface area contributed by atoms with E-state index < -0.39 is 0 Å². The number of nitrogens with zero attached hydrogens (tertiary/aromatic N) is 1. The van der Waals surface area contributed by atoms with E-state index >= 15 is 0 Å². The lowest BCUT2D eigenvalue weighted by atomic mass is 10.5. The predicted octanol–water partition coefficient (Wildman–Crippen LogP) is 1.42. The van der Waals surface area contributed by atoms with Crippen molar-refractivity contribution in [2.45, 2.75) is 0 Å². The second-order valence-electron chi connectivity index (χ2n) is 1.49. The molecule has 0 aliphatic carbocycles. The van der Waals surface area contributed by atoms with Crippen LogP contribution in [0.15, 0.2) is 27.5 Å². The number of furan rings is 1. The molecule has 3 nitrogen and oxygen atoms in total. The first-order valence-electron chi connectivity index (χ1n) is 2.25. The highest BCUT2D eigenvalue weighted by atomic mass is 16.5. The topological polar surface area (TPSA) is 39.2 Å². The summed E-state index contributed by atoms with van der Waals surface area (Å²) in [4.78, 5) is 0. The molecule has 2 rings (SSSR count). The summed E-state index contributed by atoms with van der Waals surface area (Å²) >= 11 is 0. The lowest BCUT2D eigenvalue weighted by Gasteiger charge is -1.63. The summed E-state index contributed by atoms with van der Waals surface area (Å²) in [6.45, 7) is 0. The Morgan fingerprint density at radius 1 is 1.50 bits per heavy atom. The molecular weight excluding hydrogens is 106 g/mol. The second-order valence-corrected chi connectivity index (χ2v) is 1.49. The van der Waals surface area contributed by atoms with Crippen LogP contribution < -0.4 is 0 Å². The van der Waals surface area contributed by atoms with Gasteiger partial charge >= 0.3 is 5.78 Å². The standard InChI is InChI=1S/C5H3NO2/c1-2-7-5-4(1)3-6-8-5/h1-3H. The molecule has 2 aromatic rings. The molecule has 0 bridgehead atoms. The van der Waals surface area contributed by atoms with Gasteiger partial charge in [0, 0.05) is 0 Å². The fourth-order valence-electron chi connectivity index (χ4n) is 0.606. The van der Waals surface area contributed by atoms with E-state index in [1.165, 1.54) is 0 Å². The quantitative estimate of drug-likeness (QED) is 0.513. The Kier molecular flexibility index (Phi) is 0.521. The van der Waals surface area contributed by atoms with Crippen molar-refractivity contribution in [3.8, 4) is 0 Å². The van der Waals surface area contributed by atoms with E-state index in [-0.39, 0.29) is 0 Å². The van der Waals surface area contributed by atoms with Crippen LogP contribution in [0.3, 0.4) is 0 Å². The van der Waals surface area contributed by atoms with Crippen molar-refractivity contribution < 1.29 is 8.94 Å². The van der Waals surface area contributed by atoms with E-state index in [0.29, 0.717) is 5.78 Å². The number of rotatable bonds is 0. The zero-order valence-electron chi connectivity index (χ0n) is 4.00. The Bertz CT molecular complexity index is 232. The highest BCUT2D eigenvalue weighted by Crippen LogP contribution is 2.11. The van der Waals surface area contributed by atoms with Crippen LogP contribution in [-0.2, 0) is 0 Å². The van der Waals surface area contributed by atoms with Gasteiger partial charge in [0.25, 0.3) is 0 Å². The van der Waals surface area contributed by atoms with Crippen LogP contribution in [0.5, 0.6) is 0 Å². The third kappa shape index (κ3) is 0.307. The Morgan fingerprint density at radius 2 is 2.50 bits per heavy atom. The zero-order chi connectivity index (χ0) is 5.40. The summed E-state index contributed by atoms with van der Waals surface area (Å²) in [5.74, 6) is 0.491. The number of fused-ring (bicyclic) bond motifs is 1. The average molecular weight is 109 g/mol. The lowest BCUT2D eigenvalue weighted by molar-refractivity contribution is 0.388. The molecule has 0 fully saturated rings. The Morgan fingerprint density at radius 3 is 3.38 bits per heavy atom. The van der Waals surface area contributed by atoms with Crippen molar-refractivity contribution in [1.29, 1.82) is 0 Å². The second kappa shape index (κ2) is 1.12. The normalized spacial score (nSPS) is 10.5. The van der Waals surface area contributed by atoms with Crippen LogP contribution >= 0.6 is 0 Å². The minimum Gasteiger partial charge on any atom is -0.432 e. The zero-order valence-corrected chi connectivity index (χ0v) is 4.00.